The predicted molar refractivity (Wildman–Crippen MR) is 68.0 cm³/mol. The first kappa shape index (κ1) is 10.2. The molecule has 2 aromatic heterocycles. The van der Waals surface area contributed by atoms with Crippen LogP contribution in [0, 0.1) is 6.92 Å². The number of aromatic nitrogens is 2. The van der Waals surface area contributed by atoms with Gasteiger partial charge in [0.05, 0.1) is 0 Å². The van der Waals surface area contributed by atoms with Gasteiger partial charge in [-0.3, -0.25) is 0 Å². The predicted octanol–water partition coefficient (Wildman–Crippen LogP) is 3.37. The zero-order chi connectivity index (χ0) is 12.0. The van der Waals surface area contributed by atoms with E-state index in [0.717, 1.165) is 22.2 Å². The van der Waals surface area contributed by atoms with Crippen molar-refractivity contribution in [2.24, 2.45) is 0 Å². The summed E-state index contributed by atoms with van der Waals surface area (Å²) in [6, 6.07) is 7.40. The molecule has 17 heavy (non-hydrogen) atoms. The molecule has 0 bridgehead atoms. The number of H-pyrrole nitrogens is 1. The summed E-state index contributed by atoms with van der Waals surface area (Å²) in [5.74, 6) is 0.302. The van der Waals surface area contributed by atoms with Crippen molar-refractivity contribution < 1.29 is 4.52 Å². The summed E-state index contributed by atoms with van der Waals surface area (Å²) < 4.78 is 4.90. The van der Waals surface area contributed by atoms with Crippen LogP contribution in [0.3, 0.4) is 0 Å². The number of nitrogens with two attached hydrogens (primary N) is 1. The Kier molecular flexibility index (Phi) is 2.12. The number of fused-ring (bicyclic) bond motifs is 1. The van der Waals surface area contributed by atoms with Gasteiger partial charge in [-0.15, -0.1) is 0 Å². The third-order valence-electron chi connectivity index (χ3n) is 2.73. The van der Waals surface area contributed by atoms with Crippen LogP contribution in [0.5, 0.6) is 0 Å². The van der Waals surface area contributed by atoms with E-state index in [4.69, 9.17) is 21.9 Å². The van der Waals surface area contributed by atoms with Crippen molar-refractivity contribution in [1.82, 2.24) is 10.1 Å². The van der Waals surface area contributed by atoms with E-state index >= 15 is 0 Å². The maximum absolute atomic E-state index is 6.01. The lowest BCUT2D eigenvalue weighted by Crippen LogP contribution is -1.79. The highest BCUT2D eigenvalue weighted by atomic mass is 35.5. The van der Waals surface area contributed by atoms with Gasteiger partial charge in [-0.2, -0.15) is 0 Å². The van der Waals surface area contributed by atoms with Crippen molar-refractivity contribution in [2.45, 2.75) is 6.92 Å². The molecule has 0 amide bonds. The lowest BCUT2D eigenvalue weighted by molar-refractivity contribution is 0.439. The fourth-order valence-electron chi connectivity index (χ4n) is 2.04. The number of nitrogen functional groups attached to an aromatic ring is 1. The summed E-state index contributed by atoms with van der Waals surface area (Å²) >= 11 is 6.01. The van der Waals surface area contributed by atoms with E-state index in [1.807, 2.05) is 25.1 Å². The average molecular weight is 248 g/mol. The number of aromatic amines is 1. The number of benzene rings is 1. The van der Waals surface area contributed by atoms with E-state index < -0.39 is 0 Å². The number of aryl methyl sites for hydroxylation is 1. The Morgan fingerprint density at radius 1 is 1.35 bits per heavy atom. The van der Waals surface area contributed by atoms with Gasteiger partial charge in [0.15, 0.2) is 0 Å². The Labute approximate surface area is 102 Å². The Morgan fingerprint density at radius 2 is 2.18 bits per heavy atom. The summed E-state index contributed by atoms with van der Waals surface area (Å²) in [6.45, 7) is 1.98. The molecule has 0 atom stereocenters. The van der Waals surface area contributed by atoms with E-state index in [0.29, 0.717) is 16.6 Å². The molecule has 5 heteroatoms. The van der Waals surface area contributed by atoms with E-state index in [-0.39, 0.29) is 0 Å². The summed E-state index contributed by atoms with van der Waals surface area (Å²) in [5.41, 5.74) is 9.26. The monoisotopic (exact) mass is 247 g/mol. The molecule has 0 aliphatic heterocycles. The second kappa shape index (κ2) is 3.53. The molecule has 0 saturated carbocycles. The molecule has 0 unspecified atom stereocenters. The number of nitrogens with one attached hydrogen (secondary N) is 1. The normalized spacial score (nSPS) is 11.2. The van der Waals surface area contributed by atoms with Crippen LogP contribution in [0.4, 0.5) is 5.88 Å². The molecule has 0 aliphatic rings. The third kappa shape index (κ3) is 1.57. The minimum Gasteiger partial charge on any atom is -0.368 e. The van der Waals surface area contributed by atoms with Crippen LogP contribution >= 0.6 is 11.6 Å². The number of hydrogen-bond acceptors (Lipinski definition) is 3. The molecule has 0 fully saturated rings. The van der Waals surface area contributed by atoms with Crippen LogP contribution in [-0.4, -0.2) is 10.1 Å². The van der Waals surface area contributed by atoms with Crippen LogP contribution in [0.15, 0.2) is 28.8 Å². The lowest BCUT2D eigenvalue weighted by Gasteiger charge is -1.95. The second-order valence-corrected chi connectivity index (χ2v) is 4.37. The van der Waals surface area contributed by atoms with Gasteiger partial charge in [-0.05, 0) is 25.1 Å². The molecule has 3 aromatic rings. The first-order valence-corrected chi connectivity index (χ1v) is 5.53. The summed E-state index contributed by atoms with van der Waals surface area (Å²) in [7, 11) is 0. The average Bonchev–Trinajstić information content (AvgIpc) is 2.81. The highest BCUT2D eigenvalue weighted by molar-refractivity contribution is 6.31. The molecule has 0 radical (unpaired) electrons. The zero-order valence-electron chi connectivity index (χ0n) is 9.12. The van der Waals surface area contributed by atoms with Crippen LogP contribution in [-0.2, 0) is 0 Å². The number of rotatable bonds is 1. The van der Waals surface area contributed by atoms with E-state index in [1.165, 1.54) is 0 Å². The van der Waals surface area contributed by atoms with Crippen LogP contribution in [0.2, 0.25) is 5.02 Å². The molecule has 86 valence electrons. The fourth-order valence-corrected chi connectivity index (χ4v) is 2.21. The SMILES string of the molecule is Cc1[nH]c2ccc(Cl)cc2c1-c1cc(N)on1. The molecule has 3 rings (SSSR count). The Bertz CT molecular complexity index is 699. The molecule has 0 aliphatic carbocycles. The molecule has 1 aromatic carbocycles. The topological polar surface area (TPSA) is 67.8 Å². The quantitative estimate of drug-likeness (QED) is 0.693. The number of halogens is 1. The maximum Gasteiger partial charge on any atom is 0.222 e. The van der Waals surface area contributed by atoms with Gasteiger partial charge >= 0.3 is 0 Å². The second-order valence-electron chi connectivity index (χ2n) is 3.93. The summed E-state index contributed by atoms with van der Waals surface area (Å²) in [4.78, 5) is 3.28. The molecule has 2 heterocycles. The minimum atomic E-state index is 0.302. The molecule has 3 N–H and O–H groups in total. The van der Waals surface area contributed by atoms with Crippen molar-refractivity contribution in [3.63, 3.8) is 0 Å². The maximum atomic E-state index is 6.01. The van der Waals surface area contributed by atoms with Gasteiger partial charge in [-0.1, -0.05) is 16.8 Å². The summed E-state index contributed by atoms with van der Waals surface area (Å²) in [6.07, 6.45) is 0. The van der Waals surface area contributed by atoms with Gasteiger partial charge in [0.2, 0.25) is 5.88 Å². The van der Waals surface area contributed by atoms with Crippen molar-refractivity contribution in [1.29, 1.82) is 0 Å². The van der Waals surface area contributed by atoms with Crippen LogP contribution < -0.4 is 5.73 Å². The van der Waals surface area contributed by atoms with Gasteiger partial charge in [0.1, 0.15) is 5.69 Å². The fraction of sp³-hybridized carbons (Fsp3) is 0.0833. The first-order chi connectivity index (χ1) is 8.15. The number of anilines is 1. The largest absolute Gasteiger partial charge is 0.368 e. The van der Waals surface area contributed by atoms with Gasteiger partial charge < -0.3 is 15.2 Å². The highest BCUT2D eigenvalue weighted by Crippen LogP contribution is 2.33. The van der Waals surface area contributed by atoms with E-state index in [1.54, 1.807) is 6.07 Å². The van der Waals surface area contributed by atoms with Crippen LogP contribution in [0.1, 0.15) is 5.69 Å². The summed E-state index contributed by atoms with van der Waals surface area (Å²) in [5, 5.41) is 5.64. The van der Waals surface area contributed by atoms with Crippen molar-refractivity contribution >= 4 is 28.4 Å². The van der Waals surface area contributed by atoms with Crippen LogP contribution in [0.25, 0.3) is 22.2 Å². The Balaban J connectivity index is 2.34. The molecular weight excluding hydrogens is 238 g/mol. The first-order valence-electron chi connectivity index (χ1n) is 5.15. The minimum absolute atomic E-state index is 0.302. The standard InChI is InChI=1S/C12H10ClN3O/c1-6-12(10-5-11(14)17-16-10)8-4-7(13)2-3-9(8)15-6/h2-5,15H,14H2,1H3. The highest BCUT2D eigenvalue weighted by Gasteiger charge is 2.14. The number of hydrogen-bond donors (Lipinski definition) is 2. The van der Waals surface area contributed by atoms with Gasteiger partial charge in [0, 0.05) is 33.2 Å². The van der Waals surface area contributed by atoms with E-state index in [2.05, 4.69) is 10.1 Å². The molecule has 0 spiro atoms. The van der Waals surface area contributed by atoms with Gasteiger partial charge in [-0.25, -0.2) is 0 Å². The smallest absolute Gasteiger partial charge is 0.222 e. The Hall–Kier alpha value is -1.94. The van der Waals surface area contributed by atoms with Crippen molar-refractivity contribution in [2.75, 3.05) is 5.73 Å². The molecule has 0 saturated heterocycles. The third-order valence-corrected chi connectivity index (χ3v) is 2.97. The zero-order valence-corrected chi connectivity index (χ0v) is 9.88. The molecular formula is C12H10ClN3O. The molecule has 4 nitrogen and oxygen atoms in total. The number of nitrogens with zero attached hydrogens (tertiary/aromatic N) is 1. The lowest BCUT2D eigenvalue weighted by atomic mass is 10.1. The Morgan fingerprint density at radius 3 is 2.88 bits per heavy atom. The van der Waals surface area contributed by atoms with Gasteiger partial charge in [0.25, 0.3) is 0 Å². The van der Waals surface area contributed by atoms with Crippen molar-refractivity contribution in [3.8, 4) is 11.3 Å². The van der Waals surface area contributed by atoms with E-state index in [9.17, 15) is 0 Å². The van der Waals surface area contributed by atoms with Crippen molar-refractivity contribution in [3.05, 3.63) is 35.0 Å².